The van der Waals surface area contributed by atoms with Gasteiger partial charge in [-0.2, -0.15) is 4.31 Å². The molecule has 0 radical (unpaired) electrons. The van der Waals surface area contributed by atoms with Gasteiger partial charge in [0.15, 0.2) is 4.90 Å². The fourth-order valence-corrected chi connectivity index (χ4v) is 5.18. The molecule has 1 fully saturated rings. The second kappa shape index (κ2) is 7.93. The molecule has 0 bridgehead atoms. The van der Waals surface area contributed by atoms with Gasteiger partial charge in [-0.1, -0.05) is 41.9 Å². The van der Waals surface area contributed by atoms with Crippen LogP contribution in [0.2, 0.25) is 5.02 Å². The van der Waals surface area contributed by atoms with Crippen molar-refractivity contribution in [3.05, 3.63) is 69.2 Å². The van der Waals surface area contributed by atoms with Gasteiger partial charge in [0.25, 0.3) is 5.69 Å². The molecule has 9 heteroatoms. The van der Waals surface area contributed by atoms with Crippen LogP contribution in [0.15, 0.2) is 53.4 Å². The highest BCUT2D eigenvalue weighted by atomic mass is 35.5. The lowest BCUT2D eigenvalue weighted by Crippen LogP contribution is -2.49. The number of para-hydroxylation sites is 1. The van der Waals surface area contributed by atoms with Gasteiger partial charge >= 0.3 is 0 Å². The zero-order valence-corrected chi connectivity index (χ0v) is 16.4. The van der Waals surface area contributed by atoms with Crippen molar-refractivity contribution in [2.45, 2.75) is 17.9 Å². The van der Waals surface area contributed by atoms with Crippen LogP contribution in [0.3, 0.4) is 0 Å². The third-order valence-corrected chi connectivity index (χ3v) is 7.15. The molecule has 7 nitrogen and oxygen atoms in total. The largest absolute Gasteiger partial charge is 0.294 e. The number of benzene rings is 2. The van der Waals surface area contributed by atoms with Gasteiger partial charge in [0.1, 0.15) is 0 Å². The van der Waals surface area contributed by atoms with Crippen molar-refractivity contribution in [2.75, 3.05) is 26.2 Å². The van der Waals surface area contributed by atoms with Gasteiger partial charge in [-0.15, -0.1) is 0 Å². The SMILES string of the molecule is C[C@@H](c1ccccc1Cl)N1CCN(S(=O)(=O)c2ccccc2[N+](=O)[O-])CC1. The zero-order chi connectivity index (χ0) is 19.6. The minimum atomic E-state index is -3.92. The van der Waals surface area contributed by atoms with Gasteiger partial charge in [0.2, 0.25) is 10.0 Å². The van der Waals surface area contributed by atoms with Crippen molar-refractivity contribution >= 4 is 27.3 Å². The smallest absolute Gasteiger partial charge is 0.289 e. The normalized spacial score (nSPS) is 17.6. The minimum absolute atomic E-state index is 0.0506. The Hall–Kier alpha value is -2.00. The first-order chi connectivity index (χ1) is 12.8. The van der Waals surface area contributed by atoms with E-state index in [1.54, 1.807) is 0 Å². The van der Waals surface area contributed by atoms with Crippen molar-refractivity contribution < 1.29 is 13.3 Å². The van der Waals surface area contributed by atoms with E-state index in [1.165, 1.54) is 28.6 Å². The van der Waals surface area contributed by atoms with Crippen LogP contribution in [0.5, 0.6) is 0 Å². The highest BCUT2D eigenvalue weighted by Gasteiger charge is 2.34. The Labute approximate surface area is 163 Å². The van der Waals surface area contributed by atoms with Gasteiger partial charge in [-0.3, -0.25) is 15.0 Å². The number of rotatable bonds is 5. The van der Waals surface area contributed by atoms with Crippen LogP contribution in [-0.4, -0.2) is 48.7 Å². The quantitative estimate of drug-likeness (QED) is 0.558. The Balaban J connectivity index is 1.76. The van der Waals surface area contributed by atoms with Crippen molar-refractivity contribution in [1.82, 2.24) is 9.21 Å². The third kappa shape index (κ3) is 3.98. The van der Waals surface area contributed by atoms with Crippen LogP contribution in [0.1, 0.15) is 18.5 Å². The number of halogens is 1. The van der Waals surface area contributed by atoms with E-state index in [0.29, 0.717) is 18.1 Å². The standard InChI is InChI=1S/C18H20ClN3O4S/c1-14(15-6-2-3-7-16(15)19)20-10-12-21(13-11-20)27(25,26)18-9-5-4-8-17(18)22(23)24/h2-9,14H,10-13H2,1H3/t14-/m0/s1. The van der Waals surface area contributed by atoms with Gasteiger partial charge < -0.3 is 0 Å². The van der Waals surface area contributed by atoms with Crippen LogP contribution in [0.25, 0.3) is 0 Å². The maximum Gasteiger partial charge on any atom is 0.289 e. The summed E-state index contributed by atoms with van der Waals surface area (Å²) in [7, 11) is -3.92. The zero-order valence-electron chi connectivity index (χ0n) is 14.8. The topological polar surface area (TPSA) is 83.8 Å². The fraction of sp³-hybridized carbons (Fsp3) is 0.333. The maximum atomic E-state index is 12.9. The minimum Gasteiger partial charge on any atom is -0.294 e. The second-order valence-electron chi connectivity index (χ2n) is 6.36. The Morgan fingerprint density at radius 2 is 1.63 bits per heavy atom. The lowest BCUT2D eigenvalue weighted by molar-refractivity contribution is -0.387. The van der Waals surface area contributed by atoms with Gasteiger partial charge in [0.05, 0.1) is 4.92 Å². The summed E-state index contributed by atoms with van der Waals surface area (Å²) in [5, 5.41) is 11.9. The van der Waals surface area contributed by atoms with E-state index in [2.05, 4.69) is 4.90 Å². The van der Waals surface area contributed by atoms with Crippen LogP contribution >= 0.6 is 11.6 Å². The molecule has 0 aliphatic carbocycles. The third-order valence-electron chi connectivity index (χ3n) is 4.86. The first-order valence-corrected chi connectivity index (χ1v) is 10.4. The van der Waals surface area contributed by atoms with Crippen LogP contribution in [-0.2, 0) is 10.0 Å². The number of nitrogens with zero attached hydrogens (tertiary/aromatic N) is 3. The van der Waals surface area contributed by atoms with E-state index >= 15 is 0 Å². The maximum absolute atomic E-state index is 12.9. The summed E-state index contributed by atoms with van der Waals surface area (Å²) in [6, 6.07) is 13.1. The number of sulfonamides is 1. The molecular weight excluding hydrogens is 390 g/mol. The first-order valence-electron chi connectivity index (χ1n) is 8.54. The summed E-state index contributed by atoms with van der Waals surface area (Å²) < 4.78 is 27.1. The van der Waals surface area contributed by atoms with E-state index in [-0.39, 0.29) is 24.0 Å². The molecule has 1 atom stereocenters. The van der Waals surface area contributed by atoms with Crippen molar-refractivity contribution in [3.8, 4) is 0 Å². The highest BCUT2D eigenvalue weighted by Crippen LogP contribution is 2.30. The monoisotopic (exact) mass is 409 g/mol. The summed E-state index contributed by atoms with van der Waals surface area (Å²) in [5.74, 6) is 0. The molecular formula is C18H20ClN3O4S. The van der Waals surface area contributed by atoms with E-state index in [0.717, 1.165) is 5.56 Å². The van der Waals surface area contributed by atoms with Gasteiger partial charge in [-0.05, 0) is 24.6 Å². The molecule has 2 aromatic carbocycles. The molecule has 144 valence electrons. The molecule has 2 aromatic rings. The number of nitro groups is 1. The highest BCUT2D eigenvalue weighted by molar-refractivity contribution is 7.89. The molecule has 0 amide bonds. The summed E-state index contributed by atoms with van der Waals surface area (Å²) >= 11 is 6.27. The van der Waals surface area contributed by atoms with Crippen molar-refractivity contribution in [3.63, 3.8) is 0 Å². The molecule has 0 unspecified atom stereocenters. The number of hydrogen-bond donors (Lipinski definition) is 0. The molecule has 1 aliphatic rings. The molecule has 27 heavy (non-hydrogen) atoms. The van der Waals surface area contributed by atoms with Crippen molar-refractivity contribution in [1.29, 1.82) is 0 Å². The van der Waals surface area contributed by atoms with E-state index < -0.39 is 20.6 Å². The Morgan fingerprint density at radius 1 is 1.04 bits per heavy atom. The molecule has 0 saturated carbocycles. The van der Waals surface area contributed by atoms with E-state index in [9.17, 15) is 18.5 Å². The average molecular weight is 410 g/mol. The average Bonchev–Trinajstić information content (AvgIpc) is 2.68. The Morgan fingerprint density at radius 3 is 2.26 bits per heavy atom. The van der Waals surface area contributed by atoms with Crippen LogP contribution < -0.4 is 0 Å². The predicted octanol–water partition coefficient (Wildman–Crippen LogP) is 3.32. The Kier molecular flexibility index (Phi) is 5.81. The lowest BCUT2D eigenvalue weighted by Gasteiger charge is -2.37. The lowest BCUT2D eigenvalue weighted by atomic mass is 10.1. The molecule has 0 aromatic heterocycles. The van der Waals surface area contributed by atoms with E-state index in [4.69, 9.17) is 11.6 Å². The summed E-state index contributed by atoms with van der Waals surface area (Å²) in [6.45, 7) is 3.61. The van der Waals surface area contributed by atoms with E-state index in [1.807, 2.05) is 31.2 Å². The Bertz CT molecular complexity index is 943. The van der Waals surface area contributed by atoms with Crippen LogP contribution in [0.4, 0.5) is 5.69 Å². The summed E-state index contributed by atoms with van der Waals surface area (Å²) in [5.41, 5.74) is 0.596. The predicted molar refractivity (Wildman–Crippen MR) is 103 cm³/mol. The summed E-state index contributed by atoms with van der Waals surface area (Å²) in [6.07, 6.45) is 0. The number of nitro benzene ring substituents is 1. The van der Waals surface area contributed by atoms with Crippen molar-refractivity contribution in [2.24, 2.45) is 0 Å². The number of piperazine rings is 1. The number of hydrogen-bond acceptors (Lipinski definition) is 5. The molecule has 1 saturated heterocycles. The van der Waals surface area contributed by atoms with Crippen LogP contribution in [0, 0.1) is 10.1 Å². The van der Waals surface area contributed by atoms with Gasteiger partial charge in [-0.25, -0.2) is 8.42 Å². The fourth-order valence-electron chi connectivity index (χ4n) is 3.31. The summed E-state index contributed by atoms with van der Waals surface area (Å²) in [4.78, 5) is 12.4. The molecule has 0 spiro atoms. The molecule has 0 N–H and O–H groups in total. The van der Waals surface area contributed by atoms with Gasteiger partial charge in [0, 0.05) is 43.3 Å². The second-order valence-corrected chi connectivity index (χ2v) is 8.68. The molecule has 1 heterocycles. The molecule has 1 aliphatic heterocycles. The molecule has 3 rings (SSSR count). The first kappa shape index (κ1) is 19.8.